The zero-order valence-corrected chi connectivity index (χ0v) is 12.6. The van der Waals surface area contributed by atoms with E-state index >= 15 is 0 Å². The molecule has 5 nitrogen and oxygen atoms in total. The Kier molecular flexibility index (Phi) is 3.03. The minimum Gasteiger partial charge on any atom is -0.494 e. The van der Waals surface area contributed by atoms with Crippen LogP contribution in [0.25, 0.3) is 10.2 Å². The van der Waals surface area contributed by atoms with Gasteiger partial charge in [-0.25, -0.2) is 9.97 Å². The van der Waals surface area contributed by atoms with Crippen molar-refractivity contribution in [3.8, 4) is 5.75 Å². The molecule has 1 saturated heterocycles. The van der Waals surface area contributed by atoms with E-state index < -0.39 is 0 Å². The van der Waals surface area contributed by atoms with Crippen LogP contribution >= 0.6 is 11.3 Å². The molecule has 2 aromatic heterocycles. The van der Waals surface area contributed by atoms with Gasteiger partial charge in [-0.2, -0.15) is 0 Å². The lowest BCUT2D eigenvalue weighted by Crippen LogP contribution is -2.48. The number of benzene rings is 1. The molecule has 1 aliphatic rings. The number of para-hydroxylation sites is 1. The SMILES string of the molecule is COc1cccc2sc(N3CC(Cn4ccnc4)C3)nc12. The van der Waals surface area contributed by atoms with Crippen molar-refractivity contribution in [2.45, 2.75) is 6.54 Å². The standard InChI is InChI=1S/C15H16N4OS/c1-20-12-3-2-4-13-14(12)17-15(21-13)19-8-11(9-19)7-18-6-5-16-10-18/h2-6,10-11H,7-9H2,1H3. The molecule has 0 radical (unpaired) electrons. The Bertz CT molecular complexity index is 746. The van der Waals surface area contributed by atoms with E-state index in [4.69, 9.17) is 9.72 Å². The lowest BCUT2D eigenvalue weighted by Gasteiger charge is -2.39. The normalized spacial score (nSPS) is 15.4. The number of fused-ring (bicyclic) bond motifs is 1. The van der Waals surface area contributed by atoms with E-state index in [0.29, 0.717) is 5.92 Å². The predicted octanol–water partition coefficient (Wildman–Crippen LogP) is 2.64. The average Bonchev–Trinajstić information content (AvgIpc) is 3.10. The van der Waals surface area contributed by atoms with E-state index in [1.54, 1.807) is 18.4 Å². The van der Waals surface area contributed by atoms with Gasteiger partial charge in [0.2, 0.25) is 0 Å². The van der Waals surface area contributed by atoms with Gasteiger partial charge < -0.3 is 14.2 Å². The summed E-state index contributed by atoms with van der Waals surface area (Å²) in [6, 6.07) is 6.08. The maximum atomic E-state index is 5.38. The topological polar surface area (TPSA) is 43.2 Å². The molecular formula is C15H16N4OS. The summed E-state index contributed by atoms with van der Waals surface area (Å²) < 4.78 is 8.70. The fraction of sp³-hybridized carbons (Fsp3) is 0.333. The number of hydrogen-bond acceptors (Lipinski definition) is 5. The van der Waals surface area contributed by atoms with Gasteiger partial charge in [0.25, 0.3) is 0 Å². The Morgan fingerprint density at radius 2 is 2.29 bits per heavy atom. The smallest absolute Gasteiger partial charge is 0.186 e. The average molecular weight is 300 g/mol. The van der Waals surface area contributed by atoms with Crippen molar-refractivity contribution in [1.82, 2.24) is 14.5 Å². The highest BCUT2D eigenvalue weighted by molar-refractivity contribution is 7.22. The van der Waals surface area contributed by atoms with Gasteiger partial charge in [-0.05, 0) is 12.1 Å². The first-order valence-corrected chi connectivity index (χ1v) is 7.79. The third-order valence-corrected chi connectivity index (χ3v) is 4.93. The molecule has 0 amide bonds. The van der Waals surface area contributed by atoms with Crippen LogP contribution in [0.4, 0.5) is 5.13 Å². The van der Waals surface area contributed by atoms with Crippen LogP contribution in [0, 0.1) is 5.92 Å². The van der Waals surface area contributed by atoms with E-state index in [1.807, 2.05) is 30.9 Å². The van der Waals surface area contributed by atoms with Crippen LogP contribution in [0.2, 0.25) is 0 Å². The summed E-state index contributed by atoms with van der Waals surface area (Å²) in [7, 11) is 1.69. The second-order valence-electron chi connectivity index (χ2n) is 5.33. The summed E-state index contributed by atoms with van der Waals surface area (Å²) in [5.41, 5.74) is 0.970. The van der Waals surface area contributed by atoms with Gasteiger partial charge >= 0.3 is 0 Å². The van der Waals surface area contributed by atoms with Gasteiger partial charge in [0.1, 0.15) is 11.3 Å². The number of ether oxygens (including phenoxy) is 1. The van der Waals surface area contributed by atoms with Crippen molar-refractivity contribution >= 4 is 26.7 Å². The number of hydrogen-bond donors (Lipinski definition) is 0. The summed E-state index contributed by atoms with van der Waals surface area (Å²) in [4.78, 5) is 11.2. The highest BCUT2D eigenvalue weighted by Crippen LogP contribution is 2.36. The van der Waals surface area contributed by atoms with E-state index in [2.05, 4.69) is 20.5 Å². The highest BCUT2D eigenvalue weighted by Gasteiger charge is 2.29. The van der Waals surface area contributed by atoms with Crippen LogP contribution in [0.1, 0.15) is 0 Å². The molecule has 0 atom stereocenters. The number of rotatable bonds is 4. The molecule has 1 fully saturated rings. The van der Waals surface area contributed by atoms with Gasteiger partial charge in [0, 0.05) is 37.9 Å². The van der Waals surface area contributed by atoms with Crippen molar-refractivity contribution in [2.24, 2.45) is 5.92 Å². The second-order valence-corrected chi connectivity index (χ2v) is 6.34. The van der Waals surface area contributed by atoms with Crippen molar-refractivity contribution in [2.75, 3.05) is 25.1 Å². The minimum atomic E-state index is 0.674. The molecule has 0 saturated carbocycles. The Morgan fingerprint density at radius 3 is 3.05 bits per heavy atom. The fourth-order valence-corrected chi connectivity index (χ4v) is 3.75. The number of thiazole rings is 1. The van der Waals surface area contributed by atoms with Crippen molar-refractivity contribution < 1.29 is 4.74 Å². The fourth-order valence-electron chi connectivity index (χ4n) is 2.75. The highest BCUT2D eigenvalue weighted by atomic mass is 32.1. The van der Waals surface area contributed by atoms with E-state index in [9.17, 15) is 0 Å². The lowest BCUT2D eigenvalue weighted by atomic mass is 10.0. The molecule has 0 aliphatic carbocycles. The summed E-state index contributed by atoms with van der Waals surface area (Å²) >= 11 is 1.74. The van der Waals surface area contributed by atoms with E-state index in [-0.39, 0.29) is 0 Å². The monoisotopic (exact) mass is 300 g/mol. The Labute approximate surface area is 126 Å². The zero-order valence-electron chi connectivity index (χ0n) is 11.8. The molecule has 0 bridgehead atoms. The molecule has 1 aromatic carbocycles. The third kappa shape index (κ3) is 2.25. The molecule has 1 aliphatic heterocycles. The Hall–Kier alpha value is -2.08. The molecule has 21 heavy (non-hydrogen) atoms. The molecule has 0 N–H and O–H groups in total. The number of anilines is 1. The second kappa shape index (κ2) is 5.04. The first-order valence-electron chi connectivity index (χ1n) is 6.98. The van der Waals surface area contributed by atoms with Crippen LogP contribution < -0.4 is 9.64 Å². The summed E-state index contributed by atoms with van der Waals surface area (Å²) in [6.45, 7) is 3.14. The van der Waals surface area contributed by atoms with E-state index in [1.165, 1.54) is 4.70 Å². The Morgan fingerprint density at radius 1 is 1.38 bits per heavy atom. The van der Waals surface area contributed by atoms with Gasteiger partial charge in [-0.3, -0.25) is 0 Å². The molecular weight excluding hydrogens is 284 g/mol. The number of nitrogens with zero attached hydrogens (tertiary/aromatic N) is 4. The summed E-state index contributed by atoms with van der Waals surface area (Å²) in [5.74, 6) is 1.53. The molecule has 0 spiro atoms. The van der Waals surface area contributed by atoms with Crippen LogP contribution in [0.5, 0.6) is 5.75 Å². The Balaban J connectivity index is 1.48. The van der Waals surface area contributed by atoms with Crippen molar-refractivity contribution in [3.05, 3.63) is 36.9 Å². The van der Waals surface area contributed by atoms with Gasteiger partial charge in [0.05, 0.1) is 18.1 Å². The molecule has 108 valence electrons. The van der Waals surface area contributed by atoms with Gasteiger partial charge in [0.15, 0.2) is 5.13 Å². The van der Waals surface area contributed by atoms with Crippen LogP contribution in [-0.4, -0.2) is 34.7 Å². The van der Waals surface area contributed by atoms with Gasteiger partial charge in [-0.15, -0.1) is 0 Å². The van der Waals surface area contributed by atoms with Gasteiger partial charge in [-0.1, -0.05) is 17.4 Å². The van der Waals surface area contributed by atoms with Crippen LogP contribution in [0.15, 0.2) is 36.9 Å². The number of imidazole rings is 1. The number of aromatic nitrogens is 3. The maximum absolute atomic E-state index is 5.38. The summed E-state index contributed by atoms with van der Waals surface area (Å²) in [5, 5.41) is 1.09. The third-order valence-electron chi connectivity index (χ3n) is 3.85. The van der Waals surface area contributed by atoms with Crippen LogP contribution in [-0.2, 0) is 6.54 Å². The van der Waals surface area contributed by atoms with Crippen molar-refractivity contribution in [3.63, 3.8) is 0 Å². The zero-order chi connectivity index (χ0) is 14.2. The molecule has 6 heteroatoms. The lowest BCUT2D eigenvalue weighted by molar-refractivity contribution is 0.357. The molecule has 4 rings (SSSR count). The number of methoxy groups -OCH3 is 1. The largest absolute Gasteiger partial charge is 0.494 e. The van der Waals surface area contributed by atoms with Crippen molar-refractivity contribution in [1.29, 1.82) is 0 Å². The first kappa shape index (κ1) is 12.6. The molecule has 0 unspecified atom stereocenters. The molecule has 3 aromatic rings. The minimum absolute atomic E-state index is 0.674. The molecule has 3 heterocycles. The predicted molar refractivity (Wildman–Crippen MR) is 84.1 cm³/mol. The summed E-state index contributed by atoms with van der Waals surface area (Å²) in [6.07, 6.45) is 5.73. The maximum Gasteiger partial charge on any atom is 0.186 e. The van der Waals surface area contributed by atoms with Crippen LogP contribution in [0.3, 0.4) is 0 Å². The van der Waals surface area contributed by atoms with E-state index in [0.717, 1.165) is 36.0 Å². The quantitative estimate of drug-likeness (QED) is 0.743. The first-order chi connectivity index (χ1) is 10.3.